The van der Waals surface area contributed by atoms with Gasteiger partial charge in [0.05, 0.1) is 14.2 Å². The number of rotatable bonds is 5. The van der Waals surface area contributed by atoms with Crippen molar-refractivity contribution in [3.63, 3.8) is 0 Å². The zero-order chi connectivity index (χ0) is 11.3. The molecule has 0 N–H and O–H groups in total. The minimum atomic E-state index is -0.384. The molecule has 0 aliphatic heterocycles. The molecular weight excluding hydrogens is 196 g/mol. The van der Waals surface area contributed by atoms with Gasteiger partial charge in [0.2, 0.25) is 0 Å². The molecule has 0 aromatic heterocycles. The molecule has 0 saturated heterocycles. The second-order valence-electron chi connectivity index (χ2n) is 2.92. The molecule has 1 aromatic carbocycles. The molecule has 0 unspecified atom stereocenters. The first kappa shape index (κ1) is 11.8. The van der Waals surface area contributed by atoms with E-state index in [-0.39, 0.29) is 6.29 Å². The average Bonchev–Trinajstić information content (AvgIpc) is 2.30. The van der Waals surface area contributed by atoms with Crippen molar-refractivity contribution in [2.24, 2.45) is 0 Å². The summed E-state index contributed by atoms with van der Waals surface area (Å²) in [4.78, 5) is 0. The van der Waals surface area contributed by atoms with Crippen molar-refractivity contribution >= 4 is 0 Å². The predicted molar refractivity (Wildman–Crippen MR) is 56.3 cm³/mol. The Bertz CT molecular complexity index is 307. The van der Waals surface area contributed by atoms with Crippen LogP contribution in [0, 0.1) is 0 Å². The standard InChI is InChI=1S/C11H16O4/c1-12-9-6-5-8(7-10(9)13-2)11(14-3)15-4/h5-7,11H,1-4H3. The van der Waals surface area contributed by atoms with E-state index in [1.807, 2.05) is 18.2 Å². The van der Waals surface area contributed by atoms with E-state index in [0.717, 1.165) is 5.56 Å². The molecule has 0 atom stereocenters. The minimum absolute atomic E-state index is 0.384. The molecule has 0 radical (unpaired) electrons. The second kappa shape index (κ2) is 5.58. The molecule has 0 bridgehead atoms. The number of benzene rings is 1. The molecule has 84 valence electrons. The average molecular weight is 212 g/mol. The van der Waals surface area contributed by atoms with Crippen LogP contribution in [0.1, 0.15) is 11.9 Å². The van der Waals surface area contributed by atoms with Crippen molar-refractivity contribution in [2.75, 3.05) is 28.4 Å². The Morgan fingerprint density at radius 3 is 1.93 bits per heavy atom. The third-order valence-electron chi connectivity index (χ3n) is 2.11. The molecule has 1 rings (SSSR count). The lowest BCUT2D eigenvalue weighted by atomic mass is 10.2. The van der Waals surface area contributed by atoms with Gasteiger partial charge in [-0.2, -0.15) is 0 Å². The summed E-state index contributed by atoms with van der Waals surface area (Å²) in [6.45, 7) is 0. The number of methoxy groups -OCH3 is 4. The normalized spacial score (nSPS) is 10.5. The molecule has 4 heteroatoms. The maximum atomic E-state index is 5.18. The smallest absolute Gasteiger partial charge is 0.183 e. The van der Waals surface area contributed by atoms with Crippen molar-refractivity contribution in [3.8, 4) is 11.5 Å². The molecule has 4 nitrogen and oxygen atoms in total. The Balaban J connectivity index is 3.01. The van der Waals surface area contributed by atoms with Gasteiger partial charge in [-0.1, -0.05) is 6.07 Å². The van der Waals surface area contributed by atoms with E-state index in [9.17, 15) is 0 Å². The number of hydrogen-bond acceptors (Lipinski definition) is 4. The van der Waals surface area contributed by atoms with Gasteiger partial charge >= 0.3 is 0 Å². The van der Waals surface area contributed by atoms with Gasteiger partial charge in [0, 0.05) is 19.8 Å². The predicted octanol–water partition coefficient (Wildman–Crippen LogP) is 2.00. The van der Waals surface area contributed by atoms with Crippen LogP contribution >= 0.6 is 0 Å². The molecule has 0 saturated carbocycles. The zero-order valence-electron chi connectivity index (χ0n) is 9.44. The fourth-order valence-electron chi connectivity index (χ4n) is 1.37. The van der Waals surface area contributed by atoms with Crippen molar-refractivity contribution in [1.82, 2.24) is 0 Å². The lowest BCUT2D eigenvalue weighted by Gasteiger charge is -2.15. The van der Waals surface area contributed by atoms with Crippen LogP contribution in [0.5, 0.6) is 11.5 Å². The van der Waals surface area contributed by atoms with Crippen molar-refractivity contribution in [3.05, 3.63) is 23.8 Å². The Morgan fingerprint density at radius 1 is 0.867 bits per heavy atom. The first-order valence-electron chi connectivity index (χ1n) is 4.54. The Morgan fingerprint density at radius 2 is 1.47 bits per heavy atom. The van der Waals surface area contributed by atoms with Crippen LogP contribution in [-0.4, -0.2) is 28.4 Å². The van der Waals surface area contributed by atoms with E-state index < -0.39 is 0 Å². The summed E-state index contributed by atoms with van der Waals surface area (Å²) in [6, 6.07) is 5.52. The summed E-state index contributed by atoms with van der Waals surface area (Å²) < 4.78 is 20.6. The SMILES string of the molecule is COc1ccc(C(OC)OC)cc1OC. The van der Waals surface area contributed by atoms with Crippen molar-refractivity contribution in [1.29, 1.82) is 0 Å². The van der Waals surface area contributed by atoms with E-state index in [1.165, 1.54) is 0 Å². The maximum Gasteiger partial charge on any atom is 0.183 e. The van der Waals surface area contributed by atoms with Crippen LogP contribution in [-0.2, 0) is 9.47 Å². The lowest BCUT2D eigenvalue weighted by Crippen LogP contribution is -2.04. The van der Waals surface area contributed by atoms with Gasteiger partial charge in [0.1, 0.15) is 0 Å². The lowest BCUT2D eigenvalue weighted by molar-refractivity contribution is -0.106. The first-order chi connectivity index (χ1) is 7.26. The summed E-state index contributed by atoms with van der Waals surface area (Å²) in [5, 5.41) is 0. The molecule has 0 heterocycles. The van der Waals surface area contributed by atoms with E-state index in [4.69, 9.17) is 18.9 Å². The molecule has 0 spiro atoms. The fourth-order valence-corrected chi connectivity index (χ4v) is 1.37. The van der Waals surface area contributed by atoms with Gasteiger partial charge in [-0.3, -0.25) is 0 Å². The van der Waals surface area contributed by atoms with Crippen LogP contribution in [0.3, 0.4) is 0 Å². The monoisotopic (exact) mass is 212 g/mol. The molecule has 15 heavy (non-hydrogen) atoms. The second-order valence-corrected chi connectivity index (χ2v) is 2.92. The first-order valence-corrected chi connectivity index (χ1v) is 4.54. The summed E-state index contributed by atoms with van der Waals surface area (Å²) in [6.07, 6.45) is -0.384. The highest BCUT2D eigenvalue weighted by molar-refractivity contribution is 5.43. The van der Waals surface area contributed by atoms with Crippen LogP contribution in [0.25, 0.3) is 0 Å². The van der Waals surface area contributed by atoms with Gasteiger partial charge in [-0.25, -0.2) is 0 Å². The Hall–Kier alpha value is -1.26. The maximum absolute atomic E-state index is 5.18. The van der Waals surface area contributed by atoms with Crippen molar-refractivity contribution in [2.45, 2.75) is 6.29 Å². The Kier molecular flexibility index (Phi) is 4.39. The third-order valence-corrected chi connectivity index (χ3v) is 2.11. The topological polar surface area (TPSA) is 36.9 Å². The minimum Gasteiger partial charge on any atom is -0.493 e. The van der Waals surface area contributed by atoms with E-state index in [2.05, 4.69) is 0 Å². The quantitative estimate of drug-likeness (QED) is 0.699. The van der Waals surface area contributed by atoms with Gasteiger partial charge in [0.15, 0.2) is 17.8 Å². The number of ether oxygens (including phenoxy) is 4. The van der Waals surface area contributed by atoms with Crippen LogP contribution in [0.4, 0.5) is 0 Å². The number of hydrogen-bond donors (Lipinski definition) is 0. The van der Waals surface area contributed by atoms with Gasteiger partial charge in [0.25, 0.3) is 0 Å². The van der Waals surface area contributed by atoms with Crippen LogP contribution < -0.4 is 9.47 Å². The zero-order valence-corrected chi connectivity index (χ0v) is 9.44. The largest absolute Gasteiger partial charge is 0.493 e. The van der Waals surface area contributed by atoms with Gasteiger partial charge in [-0.15, -0.1) is 0 Å². The summed E-state index contributed by atoms with van der Waals surface area (Å²) >= 11 is 0. The van der Waals surface area contributed by atoms with Gasteiger partial charge < -0.3 is 18.9 Å². The molecular formula is C11H16O4. The van der Waals surface area contributed by atoms with Gasteiger partial charge in [-0.05, 0) is 12.1 Å². The fraction of sp³-hybridized carbons (Fsp3) is 0.455. The molecule has 0 aliphatic carbocycles. The summed E-state index contributed by atoms with van der Waals surface area (Å²) in [7, 11) is 6.37. The highest BCUT2D eigenvalue weighted by Crippen LogP contribution is 2.30. The molecule has 0 fully saturated rings. The summed E-state index contributed by atoms with van der Waals surface area (Å²) in [5.74, 6) is 1.35. The van der Waals surface area contributed by atoms with Crippen LogP contribution in [0.15, 0.2) is 18.2 Å². The van der Waals surface area contributed by atoms with E-state index in [0.29, 0.717) is 11.5 Å². The highest BCUT2D eigenvalue weighted by Gasteiger charge is 2.12. The molecule has 1 aromatic rings. The molecule has 0 aliphatic rings. The highest BCUT2D eigenvalue weighted by atomic mass is 16.7. The Labute approximate surface area is 89.7 Å². The third kappa shape index (κ3) is 2.61. The van der Waals surface area contributed by atoms with Crippen molar-refractivity contribution < 1.29 is 18.9 Å². The van der Waals surface area contributed by atoms with E-state index >= 15 is 0 Å². The summed E-state index contributed by atoms with van der Waals surface area (Å²) in [5.41, 5.74) is 0.887. The molecule has 0 amide bonds. The van der Waals surface area contributed by atoms with E-state index in [1.54, 1.807) is 28.4 Å². The van der Waals surface area contributed by atoms with Crippen LogP contribution in [0.2, 0.25) is 0 Å².